The zero-order chi connectivity index (χ0) is 11.1. The van der Waals surface area contributed by atoms with Crippen LogP contribution in [0, 0.1) is 13.8 Å². The molecule has 0 radical (unpaired) electrons. The molecular formula is C14H22O. The van der Waals surface area contributed by atoms with E-state index in [9.17, 15) is 0 Å². The highest BCUT2D eigenvalue weighted by molar-refractivity contribution is 5.30. The molecule has 1 aromatic carbocycles. The van der Waals surface area contributed by atoms with Crippen LogP contribution >= 0.6 is 0 Å². The maximum absolute atomic E-state index is 8.66. The first-order chi connectivity index (χ1) is 7.24. The number of unbranched alkanes of at least 4 members (excludes halogenated alkanes) is 3. The van der Waals surface area contributed by atoms with E-state index in [2.05, 4.69) is 32.0 Å². The molecule has 0 saturated carbocycles. The lowest BCUT2D eigenvalue weighted by Gasteiger charge is -2.06. The van der Waals surface area contributed by atoms with Crippen LogP contribution in [0.5, 0.6) is 0 Å². The number of hydrogen-bond donors (Lipinski definition) is 1. The van der Waals surface area contributed by atoms with Crippen molar-refractivity contribution in [3.63, 3.8) is 0 Å². The van der Waals surface area contributed by atoms with Crippen LogP contribution in [-0.2, 0) is 6.42 Å². The summed E-state index contributed by atoms with van der Waals surface area (Å²) in [6.07, 6.45) is 5.76. The maximum atomic E-state index is 8.66. The molecule has 1 nitrogen and oxygen atoms in total. The van der Waals surface area contributed by atoms with Crippen LogP contribution in [0.2, 0.25) is 0 Å². The summed E-state index contributed by atoms with van der Waals surface area (Å²) in [6, 6.07) is 6.67. The number of hydrogen-bond acceptors (Lipinski definition) is 1. The van der Waals surface area contributed by atoms with E-state index < -0.39 is 0 Å². The fourth-order valence-corrected chi connectivity index (χ4v) is 1.85. The van der Waals surface area contributed by atoms with Gasteiger partial charge in [0.1, 0.15) is 0 Å². The summed E-state index contributed by atoms with van der Waals surface area (Å²) in [7, 11) is 0. The van der Waals surface area contributed by atoms with Crippen molar-refractivity contribution in [2.24, 2.45) is 0 Å². The third-order valence-electron chi connectivity index (χ3n) is 2.86. The van der Waals surface area contributed by atoms with Gasteiger partial charge in [-0.05, 0) is 44.2 Å². The van der Waals surface area contributed by atoms with Crippen LogP contribution in [0.25, 0.3) is 0 Å². The van der Waals surface area contributed by atoms with Gasteiger partial charge in [0.05, 0.1) is 0 Å². The molecule has 0 unspecified atom stereocenters. The number of benzene rings is 1. The minimum absolute atomic E-state index is 0.337. The lowest BCUT2D eigenvalue weighted by molar-refractivity contribution is 0.282. The summed E-state index contributed by atoms with van der Waals surface area (Å²) < 4.78 is 0. The number of aliphatic hydroxyl groups is 1. The van der Waals surface area contributed by atoms with Crippen molar-refractivity contribution in [1.82, 2.24) is 0 Å². The summed E-state index contributed by atoms with van der Waals surface area (Å²) in [6.45, 7) is 4.67. The molecule has 0 aliphatic rings. The Morgan fingerprint density at radius 2 is 1.73 bits per heavy atom. The Kier molecular flexibility index (Phi) is 5.41. The van der Waals surface area contributed by atoms with Crippen molar-refractivity contribution >= 4 is 0 Å². The summed E-state index contributed by atoms with van der Waals surface area (Å²) in [5.41, 5.74) is 4.24. The standard InChI is InChI=1S/C14H22O/c1-12-8-9-13(2)14(11-12)7-5-3-4-6-10-15/h8-9,11,15H,3-7,10H2,1-2H3. The van der Waals surface area contributed by atoms with Crippen LogP contribution in [0.4, 0.5) is 0 Å². The molecule has 1 rings (SSSR count). The SMILES string of the molecule is Cc1ccc(C)c(CCCCCCO)c1. The quantitative estimate of drug-likeness (QED) is 0.707. The van der Waals surface area contributed by atoms with Crippen molar-refractivity contribution in [2.75, 3.05) is 6.61 Å². The van der Waals surface area contributed by atoms with Crippen molar-refractivity contribution in [2.45, 2.75) is 46.0 Å². The van der Waals surface area contributed by atoms with E-state index >= 15 is 0 Å². The van der Waals surface area contributed by atoms with Gasteiger partial charge in [-0.25, -0.2) is 0 Å². The van der Waals surface area contributed by atoms with E-state index in [-0.39, 0.29) is 0 Å². The molecule has 0 bridgehead atoms. The Hall–Kier alpha value is -0.820. The lowest BCUT2D eigenvalue weighted by Crippen LogP contribution is -1.92. The van der Waals surface area contributed by atoms with Gasteiger partial charge in [0.25, 0.3) is 0 Å². The number of rotatable bonds is 6. The third-order valence-corrected chi connectivity index (χ3v) is 2.86. The van der Waals surface area contributed by atoms with Gasteiger partial charge in [0, 0.05) is 6.61 Å². The van der Waals surface area contributed by atoms with Gasteiger partial charge in [-0.15, -0.1) is 0 Å². The van der Waals surface area contributed by atoms with Crippen molar-refractivity contribution < 1.29 is 5.11 Å². The predicted octanol–water partition coefficient (Wildman–Crippen LogP) is 3.40. The molecule has 0 aliphatic heterocycles. The Labute approximate surface area is 93.1 Å². The van der Waals surface area contributed by atoms with E-state index in [4.69, 9.17) is 5.11 Å². The maximum Gasteiger partial charge on any atom is 0.0431 e. The van der Waals surface area contributed by atoms with Crippen molar-refractivity contribution in [3.8, 4) is 0 Å². The first-order valence-corrected chi connectivity index (χ1v) is 5.91. The monoisotopic (exact) mass is 206 g/mol. The highest BCUT2D eigenvalue weighted by atomic mass is 16.2. The highest BCUT2D eigenvalue weighted by Gasteiger charge is 1.98. The average molecular weight is 206 g/mol. The third kappa shape index (κ3) is 4.48. The minimum Gasteiger partial charge on any atom is -0.396 e. The van der Waals surface area contributed by atoms with Crippen LogP contribution in [0.15, 0.2) is 18.2 Å². The van der Waals surface area contributed by atoms with E-state index in [0.717, 1.165) is 12.8 Å². The fourth-order valence-electron chi connectivity index (χ4n) is 1.85. The Morgan fingerprint density at radius 3 is 2.47 bits per heavy atom. The molecule has 0 heterocycles. The van der Waals surface area contributed by atoms with Crippen LogP contribution in [0.1, 0.15) is 42.4 Å². The second-order valence-electron chi connectivity index (χ2n) is 4.32. The number of aryl methyl sites for hydroxylation is 3. The van der Waals surface area contributed by atoms with Gasteiger partial charge in [0.15, 0.2) is 0 Å². The van der Waals surface area contributed by atoms with Gasteiger partial charge < -0.3 is 5.11 Å². The molecule has 0 aromatic heterocycles. The summed E-state index contributed by atoms with van der Waals surface area (Å²) in [5.74, 6) is 0. The van der Waals surface area contributed by atoms with Gasteiger partial charge >= 0.3 is 0 Å². The fraction of sp³-hybridized carbons (Fsp3) is 0.571. The van der Waals surface area contributed by atoms with E-state index in [1.165, 1.54) is 36.0 Å². The molecule has 0 aliphatic carbocycles. The molecule has 0 atom stereocenters. The molecule has 15 heavy (non-hydrogen) atoms. The minimum atomic E-state index is 0.337. The molecule has 0 saturated heterocycles. The molecule has 1 heteroatoms. The Morgan fingerprint density at radius 1 is 1.00 bits per heavy atom. The Bertz CT molecular complexity index is 291. The van der Waals surface area contributed by atoms with Crippen LogP contribution < -0.4 is 0 Å². The van der Waals surface area contributed by atoms with Gasteiger partial charge in [-0.2, -0.15) is 0 Å². The first kappa shape index (κ1) is 12.3. The summed E-state index contributed by atoms with van der Waals surface area (Å²) in [5, 5.41) is 8.66. The second kappa shape index (κ2) is 6.62. The lowest BCUT2D eigenvalue weighted by atomic mass is 10.00. The average Bonchev–Trinajstić information content (AvgIpc) is 2.23. The normalized spacial score (nSPS) is 10.6. The van der Waals surface area contributed by atoms with E-state index in [0.29, 0.717) is 6.61 Å². The van der Waals surface area contributed by atoms with Gasteiger partial charge in [-0.3, -0.25) is 0 Å². The molecule has 0 fully saturated rings. The zero-order valence-corrected chi connectivity index (χ0v) is 9.92. The first-order valence-electron chi connectivity index (χ1n) is 5.91. The summed E-state index contributed by atoms with van der Waals surface area (Å²) >= 11 is 0. The van der Waals surface area contributed by atoms with Gasteiger partial charge in [-0.1, -0.05) is 36.6 Å². The molecule has 0 spiro atoms. The molecule has 0 amide bonds. The largest absolute Gasteiger partial charge is 0.396 e. The number of aliphatic hydroxyl groups excluding tert-OH is 1. The highest BCUT2D eigenvalue weighted by Crippen LogP contribution is 2.14. The zero-order valence-electron chi connectivity index (χ0n) is 9.92. The van der Waals surface area contributed by atoms with Crippen LogP contribution in [0.3, 0.4) is 0 Å². The van der Waals surface area contributed by atoms with E-state index in [1.54, 1.807) is 0 Å². The molecular weight excluding hydrogens is 184 g/mol. The van der Waals surface area contributed by atoms with Gasteiger partial charge in [0.2, 0.25) is 0 Å². The predicted molar refractivity (Wildman–Crippen MR) is 65.2 cm³/mol. The second-order valence-corrected chi connectivity index (χ2v) is 4.32. The topological polar surface area (TPSA) is 20.2 Å². The molecule has 1 N–H and O–H groups in total. The molecule has 84 valence electrons. The van der Waals surface area contributed by atoms with Crippen molar-refractivity contribution in [1.29, 1.82) is 0 Å². The molecule has 1 aromatic rings. The van der Waals surface area contributed by atoms with Crippen LogP contribution in [-0.4, -0.2) is 11.7 Å². The van der Waals surface area contributed by atoms with E-state index in [1.807, 2.05) is 0 Å². The van der Waals surface area contributed by atoms with Crippen molar-refractivity contribution in [3.05, 3.63) is 34.9 Å². The Balaban J connectivity index is 2.33. The smallest absolute Gasteiger partial charge is 0.0431 e. The summed E-state index contributed by atoms with van der Waals surface area (Å²) in [4.78, 5) is 0.